The van der Waals surface area contributed by atoms with E-state index in [1.54, 1.807) is 6.08 Å². The molecule has 0 radical (unpaired) electrons. The molecule has 0 fully saturated rings. The molecule has 74 heavy (non-hydrogen) atoms. The molecule has 0 saturated carbocycles. The second-order valence-electron chi connectivity index (χ2n) is 22.4. The van der Waals surface area contributed by atoms with Gasteiger partial charge in [-0.2, -0.15) is 0 Å². The van der Waals surface area contributed by atoms with E-state index in [2.05, 4.69) is 79.9 Å². The molecule has 0 aromatic heterocycles. The maximum absolute atomic E-state index is 13.0. The van der Waals surface area contributed by atoms with Crippen LogP contribution in [0.15, 0.2) is 72.9 Å². The zero-order valence-corrected chi connectivity index (χ0v) is 50.2. The zero-order valence-electron chi connectivity index (χ0n) is 49.3. The van der Waals surface area contributed by atoms with Crippen LogP contribution in [0.3, 0.4) is 0 Å². The Labute approximate surface area is 459 Å². The number of carbonyl (C=O) groups is 1. The molecule has 8 nitrogen and oxygen atoms in total. The van der Waals surface area contributed by atoms with Crippen molar-refractivity contribution in [2.45, 2.75) is 296 Å². The van der Waals surface area contributed by atoms with Crippen molar-refractivity contribution in [2.75, 3.05) is 40.9 Å². The highest BCUT2D eigenvalue weighted by Crippen LogP contribution is 2.43. The van der Waals surface area contributed by atoms with Gasteiger partial charge in [0.05, 0.1) is 39.9 Å². The van der Waals surface area contributed by atoms with Gasteiger partial charge in [-0.25, -0.2) is 4.57 Å². The van der Waals surface area contributed by atoms with Gasteiger partial charge in [-0.05, 0) is 70.6 Å². The molecule has 9 heteroatoms. The number of rotatable bonds is 57. The SMILES string of the molecule is CC/C=C\C/C=C\C/C=C\C/C=C\CCCCCCCCCCCCCCCCCCCCC(=O)NC(COP(=O)(O)OCC[N+](C)(C)C)C(O)/C=C/CC/C=C/CCCCCCCCCCCCCCCCC. The smallest absolute Gasteiger partial charge is 0.387 e. The van der Waals surface area contributed by atoms with Crippen LogP contribution in [0.5, 0.6) is 0 Å². The molecule has 0 spiro atoms. The van der Waals surface area contributed by atoms with Crippen LogP contribution in [0.25, 0.3) is 0 Å². The predicted octanol–water partition coefficient (Wildman–Crippen LogP) is 19.4. The average molecular weight is 1060 g/mol. The lowest BCUT2D eigenvalue weighted by Gasteiger charge is -2.25. The molecule has 0 heterocycles. The Morgan fingerprint density at radius 3 is 1.24 bits per heavy atom. The number of unbranched alkanes of at least 4 members (excludes halogenated alkanes) is 34. The van der Waals surface area contributed by atoms with Crippen LogP contribution in [-0.2, 0) is 18.4 Å². The van der Waals surface area contributed by atoms with Crippen molar-refractivity contribution < 1.29 is 32.9 Å². The van der Waals surface area contributed by atoms with E-state index < -0.39 is 20.0 Å². The van der Waals surface area contributed by atoms with E-state index in [9.17, 15) is 19.4 Å². The van der Waals surface area contributed by atoms with Gasteiger partial charge in [0.15, 0.2) is 0 Å². The van der Waals surface area contributed by atoms with Gasteiger partial charge in [0.1, 0.15) is 13.2 Å². The summed E-state index contributed by atoms with van der Waals surface area (Å²) < 4.78 is 23.7. The molecule has 0 aromatic carbocycles. The number of nitrogens with one attached hydrogen (secondary N) is 1. The van der Waals surface area contributed by atoms with Gasteiger partial charge in [0, 0.05) is 6.42 Å². The summed E-state index contributed by atoms with van der Waals surface area (Å²) in [5, 5.41) is 13.9. The molecule has 3 atom stereocenters. The lowest BCUT2D eigenvalue weighted by Crippen LogP contribution is -2.45. The summed E-state index contributed by atoms with van der Waals surface area (Å²) >= 11 is 0. The lowest BCUT2D eigenvalue weighted by atomic mass is 10.0. The predicted molar refractivity (Wildman–Crippen MR) is 323 cm³/mol. The highest BCUT2D eigenvalue weighted by molar-refractivity contribution is 7.47. The van der Waals surface area contributed by atoms with E-state index in [4.69, 9.17) is 9.05 Å². The van der Waals surface area contributed by atoms with E-state index in [0.29, 0.717) is 17.4 Å². The number of likely N-dealkylation sites (N-methyl/N-ethyl adjacent to an activating group) is 1. The topological polar surface area (TPSA) is 105 Å². The number of amides is 1. The first-order valence-electron chi connectivity index (χ1n) is 31.3. The molecular weight excluding hydrogens is 936 g/mol. The number of aliphatic hydroxyl groups excluding tert-OH is 1. The van der Waals surface area contributed by atoms with Crippen LogP contribution >= 0.6 is 7.82 Å². The standard InChI is InChI=1S/C65H121N2O6P/c1-6-8-10-12-14-16-18-20-22-24-26-28-29-30-31-32-33-34-35-36-37-39-41-43-45-47-49-51-53-55-57-59-65(69)66-63(62-73-74(70,71)72-61-60-67(3,4)5)64(68)58-56-54-52-50-48-46-44-42-40-38-27-25-23-21-19-17-15-13-11-9-7-2/h8,10,14,16,20,22,26,28,48,50,56,58,63-64,68H,6-7,9,11-13,15,17-19,21,23-25,27,29-47,49,51-55,57,59-62H2,1-5H3,(H-,66,69,70,71)/p+1/b10-8-,16-14-,22-20-,28-26-,50-48+,58-56+. The second kappa shape index (κ2) is 55.7. The molecule has 0 aliphatic heterocycles. The third-order valence-corrected chi connectivity index (χ3v) is 14.9. The Hall–Kier alpha value is -2.06. The molecule has 0 aliphatic carbocycles. The van der Waals surface area contributed by atoms with Crippen molar-refractivity contribution in [3.63, 3.8) is 0 Å². The number of phosphoric ester groups is 1. The van der Waals surface area contributed by atoms with Crippen molar-refractivity contribution in [3.8, 4) is 0 Å². The van der Waals surface area contributed by atoms with Crippen LogP contribution in [0.4, 0.5) is 0 Å². The van der Waals surface area contributed by atoms with Gasteiger partial charge in [0.25, 0.3) is 0 Å². The number of nitrogens with zero attached hydrogens (tertiary/aromatic N) is 1. The van der Waals surface area contributed by atoms with Crippen LogP contribution < -0.4 is 5.32 Å². The van der Waals surface area contributed by atoms with E-state index in [1.807, 2.05) is 27.2 Å². The molecule has 1 amide bonds. The van der Waals surface area contributed by atoms with Gasteiger partial charge >= 0.3 is 7.82 Å². The minimum atomic E-state index is -4.36. The average Bonchev–Trinajstić information content (AvgIpc) is 3.36. The van der Waals surface area contributed by atoms with Crippen LogP contribution in [0.2, 0.25) is 0 Å². The number of phosphoric acid groups is 1. The van der Waals surface area contributed by atoms with E-state index >= 15 is 0 Å². The van der Waals surface area contributed by atoms with Gasteiger partial charge in [-0.3, -0.25) is 13.8 Å². The van der Waals surface area contributed by atoms with Gasteiger partial charge in [0.2, 0.25) is 5.91 Å². The first-order chi connectivity index (χ1) is 36.0. The molecule has 3 N–H and O–H groups in total. The van der Waals surface area contributed by atoms with Crippen LogP contribution in [-0.4, -0.2) is 73.4 Å². The van der Waals surface area contributed by atoms with Crippen molar-refractivity contribution in [2.24, 2.45) is 0 Å². The maximum atomic E-state index is 13.0. The number of hydrogen-bond acceptors (Lipinski definition) is 5. The van der Waals surface area contributed by atoms with E-state index in [0.717, 1.165) is 64.2 Å². The molecule has 0 aromatic rings. The normalized spacial score (nSPS) is 14.3. The first kappa shape index (κ1) is 71.9. The summed E-state index contributed by atoms with van der Waals surface area (Å²) in [6, 6.07) is -0.866. The molecule has 0 rings (SSSR count). The Bertz CT molecular complexity index is 1430. The third kappa shape index (κ3) is 57.6. The number of hydrogen-bond donors (Lipinski definition) is 3. The summed E-state index contributed by atoms with van der Waals surface area (Å²) in [7, 11) is 1.56. The van der Waals surface area contributed by atoms with Crippen LogP contribution in [0.1, 0.15) is 284 Å². The summed E-state index contributed by atoms with van der Waals surface area (Å²) in [6.07, 6.45) is 77.4. The zero-order chi connectivity index (χ0) is 54.2. The lowest BCUT2D eigenvalue weighted by molar-refractivity contribution is -0.870. The summed E-state index contributed by atoms with van der Waals surface area (Å²) in [4.78, 5) is 23.3. The fourth-order valence-electron chi connectivity index (χ4n) is 9.05. The van der Waals surface area contributed by atoms with Gasteiger partial charge < -0.3 is 19.8 Å². The second-order valence-corrected chi connectivity index (χ2v) is 23.8. The fraction of sp³-hybridized carbons (Fsp3) is 0.800. The highest BCUT2D eigenvalue weighted by atomic mass is 31.2. The van der Waals surface area contributed by atoms with Crippen molar-refractivity contribution in [1.82, 2.24) is 5.32 Å². The fourth-order valence-corrected chi connectivity index (χ4v) is 9.79. The quantitative estimate of drug-likeness (QED) is 0.0243. The molecule has 0 saturated heterocycles. The molecule has 0 bridgehead atoms. The van der Waals surface area contributed by atoms with Gasteiger partial charge in [-0.15, -0.1) is 0 Å². The Morgan fingerprint density at radius 1 is 0.473 bits per heavy atom. The maximum Gasteiger partial charge on any atom is 0.472 e. The molecule has 0 aliphatic rings. The number of allylic oxidation sites excluding steroid dienone is 11. The molecule has 3 unspecified atom stereocenters. The third-order valence-electron chi connectivity index (χ3n) is 13.9. The minimum absolute atomic E-state index is 0.0554. The monoisotopic (exact) mass is 1060 g/mol. The van der Waals surface area contributed by atoms with Crippen molar-refractivity contribution in [3.05, 3.63) is 72.9 Å². The van der Waals surface area contributed by atoms with Crippen LogP contribution in [0, 0.1) is 0 Å². The van der Waals surface area contributed by atoms with Crippen molar-refractivity contribution >= 4 is 13.7 Å². The Kier molecular flexibility index (Phi) is 54.1. The Morgan fingerprint density at radius 2 is 0.824 bits per heavy atom. The van der Waals surface area contributed by atoms with E-state index in [1.165, 1.54) is 199 Å². The molecular formula is C65H122N2O6P+. The van der Waals surface area contributed by atoms with Crippen molar-refractivity contribution in [1.29, 1.82) is 0 Å². The number of aliphatic hydroxyl groups is 1. The number of carbonyl (C=O) groups excluding carboxylic acids is 1. The Balaban J connectivity index is 4.13. The van der Waals surface area contributed by atoms with Gasteiger partial charge in [-0.1, -0.05) is 279 Å². The largest absolute Gasteiger partial charge is 0.472 e. The molecule has 432 valence electrons. The highest BCUT2D eigenvalue weighted by Gasteiger charge is 2.27. The summed E-state index contributed by atoms with van der Waals surface area (Å²) in [6.45, 7) is 4.71. The summed E-state index contributed by atoms with van der Waals surface area (Å²) in [5.41, 5.74) is 0. The number of quaternary nitrogens is 1. The van der Waals surface area contributed by atoms with E-state index in [-0.39, 0.29) is 19.1 Å². The minimum Gasteiger partial charge on any atom is -0.387 e. The summed E-state index contributed by atoms with van der Waals surface area (Å²) in [5.74, 6) is -0.185. The first-order valence-corrected chi connectivity index (χ1v) is 32.8.